The Balaban J connectivity index is 1.57. The molecule has 0 aromatic rings. The van der Waals surface area contributed by atoms with Crippen LogP contribution >= 0.6 is 23.5 Å². The molecule has 1 unspecified atom stereocenters. The molecule has 10 nitrogen and oxygen atoms in total. The van der Waals surface area contributed by atoms with E-state index in [0.717, 1.165) is 62.9 Å². The lowest BCUT2D eigenvalue weighted by Gasteiger charge is -2.36. The molecule has 5 N–H and O–H groups in total. The number of rotatable bonds is 9. The molecule has 0 radical (unpaired) electrons. The van der Waals surface area contributed by atoms with E-state index in [1.807, 2.05) is 20.8 Å². The highest BCUT2D eigenvalue weighted by atomic mass is 32.2. The second-order valence-electron chi connectivity index (χ2n) is 12.8. The predicted molar refractivity (Wildman–Crippen MR) is 158 cm³/mol. The zero-order valence-corrected chi connectivity index (χ0v) is 25.6. The number of urea groups is 1. The van der Waals surface area contributed by atoms with Gasteiger partial charge < -0.3 is 26.6 Å². The van der Waals surface area contributed by atoms with E-state index >= 15 is 0 Å². The van der Waals surface area contributed by atoms with Gasteiger partial charge in [-0.3, -0.25) is 19.2 Å². The topological polar surface area (TPSA) is 151 Å². The van der Waals surface area contributed by atoms with Crippen LogP contribution in [0.25, 0.3) is 0 Å². The number of amides is 5. The summed E-state index contributed by atoms with van der Waals surface area (Å²) in [5, 5.41) is 8.70. The molecule has 5 amide bonds. The Hall–Kier alpha value is -1.95. The van der Waals surface area contributed by atoms with E-state index in [2.05, 4.69) is 16.0 Å². The van der Waals surface area contributed by atoms with Gasteiger partial charge in [-0.05, 0) is 51.9 Å². The molecule has 0 bridgehead atoms. The number of thioether (sulfide) groups is 2. The monoisotopic (exact) mass is 595 g/mol. The van der Waals surface area contributed by atoms with Crippen molar-refractivity contribution in [1.29, 1.82) is 0 Å². The first-order valence-corrected chi connectivity index (χ1v) is 16.7. The summed E-state index contributed by atoms with van der Waals surface area (Å²) >= 11 is 3.53. The summed E-state index contributed by atoms with van der Waals surface area (Å²) in [4.78, 5) is 67.1. The van der Waals surface area contributed by atoms with Gasteiger partial charge in [0.15, 0.2) is 0 Å². The van der Waals surface area contributed by atoms with Crippen LogP contribution in [0.2, 0.25) is 0 Å². The molecule has 2 aliphatic heterocycles. The summed E-state index contributed by atoms with van der Waals surface area (Å²) < 4.78 is -0.306. The van der Waals surface area contributed by atoms with Crippen molar-refractivity contribution in [3.8, 4) is 0 Å². The number of carbonyl (C=O) groups excluding carboxylic acids is 5. The molecule has 2 aliphatic carbocycles. The van der Waals surface area contributed by atoms with Gasteiger partial charge >= 0.3 is 6.03 Å². The van der Waals surface area contributed by atoms with Gasteiger partial charge in [-0.15, -0.1) is 23.5 Å². The van der Waals surface area contributed by atoms with E-state index in [4.69, 9.17) is 5.73 Å². The highest BCUT2D eigenvalue weighted by molar-refractivity contribution is 8.21. The molecular weight excluding hydrogens is 550 g/mol. The van der Waals surface area contributed by atoms with Gasteiger partial charge in [0, 0.05) is 30.0 Å². The van der Waals surface area contributed by atoms with Gasteiger partial charge in [-0.25, -0.2) is 4.79 Å². The lowest BCUT2D eigenvalue weighted by molar-refractivity contribution is -0.143. The Labute approximate surface area is 245 Å². The fourth-order valence-corrected chi connectivity index (χ4v) is 9.55. The standard InChI is InChI=1S/C28H45N5O5S2/c1-27(2,3)32-26(38)31-21(18-10-5-4-6-11-18)25(37)33-16-28(39-12-13-40-28)15-20(33)24(36)30-19(22(34)23(29)35)14-17-8-7-9-17/h17-21H,4-16H2,1-3H3,(H2,29,35)(H,30,36)(H2,31,32,38)/t19?,20-,21-/m0/s1. The Kier molecular flexibility index (Phi) is 10.0. The average molecular weight is 596 g/mol. The van der Waals surface area contributed by atoms with Gasteiger partial charge in [0.2, 0.25) is 17.6 Å². The summed E-state index contributed by atoms with van der Waals surface area (Å²) in [5.74, 6) is -0.420. The van der Waals surface area contributed by atoms with Crippen molar-refractivity contribution >= 4 is 53.1 Å². The van der Waals surface area contributed by atoms with Crippen molar-refractivity contribution in [3.05, 3.63) is 0 Å². The van der Waals surface area contributed by atoms with E-state index in [1.54, 1.807) is 28.4 Å². The van der Waals surface area contributed by atoms with Crippen LogP contribution in [0.3, 0.4) is 0 Å². The molecule has 2 saturated carbocycles. The largest absolute Gasteiger partial charge is 0.363 e. The highest BCUT2D eigenvalue weighted by Crippen LogP contribution is 2.52. The second kappa shape index (κ2) is 12.9. The lowest BCUT2D eigenvalue weighted by Crippen LogP contribution is -2.60. The summed E-state index contributed by atoms with van der Waals surface area (Å²) in [6.45, 7) is 6.05. The van der Waals surface area contributed by atoms with E-state index < -0.39 is 47.3 Å². The zero-order chi connectivity index (χ0) is 29.1. The van der Waals surface area contributed by atoms with Gasteiger partial charge in [0.25, 0.3) is 5.91 Å². The summed E-state index contributed by atoms with van der Waals surface area (Å²) in [6, 6.07) is -2.93. The molecule has 12 heteroatoms. The smallest absolute Gasteiger partial charge is 0.315 e. The zero-order valence-electron chi connectivity index (χ0n) is 24.0. The maximum Gasteiger partial charge on any atom is 0.315 e. The summed E-state index contributed by atoms with van der Waals surface area (Å²) in [7, 11) is 0. The maximum absolute atomic E-state index is 14.3. The number of carbonyl (C=O) groups is 5. The average Bonchev–Trinajstić information content (AvgIpc) is 3.49. The maximum atomic E-state index is 14.3. The predicted octanol–water partition coefficient (Wildman–Crippen LogP) is 2.54. The minimum Gasteiger partial charge on any atom is -0.363 e. The molecule has 4 fully saturated rings. The second-order valence-corrected chi connectivity index (χ2v) is 16.1. The first-order chi connectivity index (χ1) is 18.9. The molecular formula is C28H45N5O5S2. The fraction of sp³-hybridized carbons (Fsp3) is 0.821. The summed E-state index contributed by atoms with van der Waals surface area (Å²) in [5.41, 5.74) is 4.86. The normalized spacial score (nSPS) is 24.7. The SMILES string of the molecule is CC(C)(C)NC(=O)N[C@H](C(=O)N1CC2(C[C@H]1C(=O)NC(CC1CCC1)C(=O)C(N)=O)SCCS2)C1CCCCC1. The molecule has 1 spiro atoms. The molecule has 2 heterocycles. The minimum absolute atomic E-state index is 0.0149. The number of hydrogen-bond donors (Lipinski definition) is 4. The Morgan fingerprint density at radius 3 is 2.15 bits per heavy atom. The number of likely N-dealkylation sites (tertiary alicyclic amines) is 1. The molecule has 224 valence electrons. The van der Waals surface area contributed by atoms with Crippen LogP contribution < -0.4 is 21.7 Å². The number of primary amides is 1. The third-order valence-corrected chi connectivity index (χ3v) is 11.9. The summed E-state index contributed by atoms with van der Waals surface area (Å²) in [6.07, 6.45) is 8.56. The van der Waals surface area contributed by atoms with Crippen LogP contribution in [-0.4, -0.2) is 80.2 Å². The Morgan fingerprint density at radius 2 is 1.60 bits per heavy atom. The number of hydrogen-bond acceptors (Lipinski definition) is 7. The van der Waals surface area contributed by atoms with Crippen LogP contribution in [0.15, 0.2) is 0 Å². The number of nitrogens with two attached hydrogens (primary N) is 1. The van der Waals surface area contributed by atoms with E-state index in [0.29, 0.717) is 19.4 Å². The van der Waals surface area contributed by atoms with Gasteiger partial charge in [0.05, 0.1) is 10.1 Å². The molecule has 0 aromatic heterocycles. The van der Waals surface area contributed by atoms with Crippen molar-refractivity contribution in [1.82, 2.24) is 20.9 Å². The van der Waals surface area contributed by atoms with Crippen LogP contribution in [-0.2, 0) is 19.2 Å². The van der Waals surface area contributed by atoms with Crippen molar-refractivity contribution in [2.45, 2.75) is 113 Å². The minimum atomic E-state index is -1.06. The molecule has 4 aliphatic rings. The van der Waals surface area contributed by atoms with Crippen LogP contribution in [0.4, 0.5) is 4.79 Å². The number of Topliss-reactive ketones (excluding diaryl/α,β-unsaturated/α-hetero) is 1. The number of nitrogens with one attached hydrogen (secondary N) is 3. The first kappa shape index (κ1) is 31.0. The highest BCUT2D eigenvalue weighted by Gasteiger charge is 2.53. The fourth-order valence-electron chi connectivity index (χ4n) is 6.29. The van der Waals surface area contributed by atoms with Crippen LogP contribution in [0, 0.1) is 11.8 Å². The third kappa shape index (κ3) is 7.66. The van der Waals surface area contributed by atoms with Gasteiger partial charge in [-0.1, -0.05) is 38.5 Å². The quantitative estimate of drug-likeness (QED) is 0.299. The van der Waals surface area contributed by atoms with Gasteiger partial charge in [0.1, 0.15) is 12.1 Å². The van der Waals surface area contributed by atoms with E-state index in [9.17, 15) is 24.0 Å². The van der Waals surface area contributed by atoms with Crippen molar-refractivity contribution in [3.63, 3.8) is 0 Å². The molecule has 4 rings (SSSR count). The van der Waals surface area contributed by atoms with E-state index in [1.165, 1.54) is 0 Å². The molecule has 2 saturated heterocycles. The molecule has 40 heavy (non-hydrogen) atoms. The van der Waals surface area contributed by atoms with Gasteiger partial charge in [-0.2, -0.15) is 0 Å². The van der Waals surface area contributed by atoms with Crippen molar-refractivity contribution in [2.75, 3.05) is 18.1 Å². The Bertz CT molecular complexity index is 986. The van der Waals surface area contributed by atoms with E-state index in [-0.39, 0.29) is 21.8 Å². The Morgan fingerprint density at radius 1 is 0.950 bits per heavy atom. The van der Waals surface area contributed by atoms with Crippen LogP contribution in [0.5, 0.6) is 0 Å². The molecule has 0 aromatic carbocycles. The number of nitrogens with zero attached hydrogens (tertiary/aromatic N) is 1. The third-order valence-electron chi connectivity index (χ3n) is 8.52. The van der Waals surface area contributed by atoms with Crippen molar-refractivity contribution < 1.29 is 24.0 Å². The van der Waals surface area contributed by atoms with Crippen molar-refractivity contribution in [2.24, 2.45) is 17.6 Å². The lowest BCUT2D eigenvalue weighted by atomic mass is 9.80. The first-order valence-electron chi connectivity index (χ1n) is 14.7. The molecule has 3 atom stereocenters. The number of ketones is 1. The van der Waals surface area contributed by atoms with Crippen LogP contribution in [0.1, 0.15) is 85.0 Å².